The number of thiazole rings is 1. The molecular weight excluding hydrogens is 294 g/mol. The summed E-state index contributed by atoms with van der Waals surface area (Å²) in [7, 11) is 0. The molecule has 0 saturated carbocycles. The molecule has 3 rings (SSSR count). The maximum Gasteiger partial charge on any atom is 0.203 e. The van der Waals surface area contributed by atoms with E-state index < -0.39 is 0 Å². The molecule has 0 radical (unpaired) electrons. The summed E-state index contributed by atoms with van der Waals surface area (Å²) in [5.41, 5.74) is 7.00. The zero-order valence-corrected chi connectivity index (χ0v) is 12.8. The molecule has 1 aromatic heterocycles. The van der Waals surface area contributed by atoms with Gasteiger partial charge in [0.15, 0.2) is 0 Å². The number of nitrogens with zero attached hydrogens (tertiary/aromatic N) is 2. The molecule has 0 aliphatic carbocycles. The van der Waals surface area contributed by atoms with Crippen LogP contribution in [-0.2, 0) is 0 Å². The van der Waals surface area contributed by atoms with E-state index in [2.05, 4.69) is 15.5 Å². The number of aromatic hydroxyl groups is 1. The number of hydrogen-bond acceptors (Lipinski definition) is 5. The van der Waals surface area contributed by atoms with Crippen LogP contribution in [0.25, 0.3) is 11.1 Å². The predicted molar refractivity (Wildman–Crippen MR) is 91.6 cm³/mol. The van der Waals surface area contributed by atoms with Crippen LogP contribution < -0.4 is 5.43 Å². The number of benzene rings is 2. The minimum absolute atomic E-state index is 0.260. The molecule has 110 valence electrons. The lowest BCUT2D eigenvalue weighted by Crippen LogP contribution is -1.92. The quantitative estimate of drug-likeness (QED) is 0.559. The summed E-state index contributed by atoms with van der Waals surface area (Å²) in [6.07, 6.45) is 1.78. The van der Waals surface area contributed by atoms with Crippen LogP contribution in [0.5, 0.6) is 5.75 Å². The van der Waals surface area contributed by atoms with Crippen molar-refractivity contribution in [1.29, 1.82) is 0 Å². The Morgan fingerprint density at radius 1 is 1.14 bits per heavy atom. The monoisotopic (exact) mass is 309 g/mol. The molecule has 0 unspecified atom stereocenters. The Kier molecular flexibility index (Phi) is 4.16. The first-order chi connectivity index (χ1) is 10.7. The fourth-order valence-corrected chi connectivity index (χ4v) is 2.71. The lowest BCUT2D eigenvalue weighted by molar-refractivity contribution is 0.475. The van der Waals surface area contributed by atoms with E-state index in [9.17, 15) is 5.11 Å². The maximum atomic E-state index is 9.40. The average Bonchev–Trinajstić information content (AvgIpc) is 2.94. The van der Waals surface area contributed by atoms with E-state index in [1.54, 1.807) is 18.3 Å². The van der Waals surface area contributed by atoms with E-state index in [-0.39, 0.29) is 5.75 Å². The van der Waals surface area contributed by atoms with E-state index >= 15 is 0 Å². The number of anilines is 1. The number of aromatic nitrogens is 1. The van der Waals surface area contributed by atoms with Gasteiger partial charge in [0.25, 0.3) is 0 Å². The molecule has 0 saturated heterocycles. The van der Waals surface area contributed by atoms with Crippen LogP contribution in [0.2, 0.25) is 0 Å². The fraction of sp³-hybridized carbons (Fsp3) is 0.0588. The number of rotatable bonds is 4. The van der Waals surface area contributed by atoms with Crippen molar-refractivity contribution in [2.45, 2.75) is 6.92 Å². The van der Waals surface area contributed by atoms with Crippen LogP contribution >= 0.6 is 11.3 Å². The van der Waals surface area contributed by atoms with Gasteiger partial charge in [0.05, 0.1) is 11.9 Å². The summed E-state index contributed by atoms with van der Waals surface area (Å²) >= 11 is 1.52. The number of aryl methyl sites for hydroxylation is 1. The van der Waals surface area contributed by atoms with Gasteiger partial charge in [0.2, 0.25) is 5.13 Å². The Bertz CT molecular complexity index is 794. The summed E-state index contributed by atoms with van der Waals surface area (Å²) in [6.45, 7) is 1.95. The molecule has 2 aromatic carbocycles. The van der Waals surface area contributed by atoms with Crippen LogP contribution in [0.1, 0.15) is 11.3 Å². The van der Waals surface area contributed by atoms with Gasteiger partial charge in [-0.05, 0) is 30.2 Å². The van der Waals surface area contributed by atoms with Crippen molar-refractivity contribution in [2.75, 3.05) is 5.43 Å². The molecule has 0 atom stereocenters. The third-order valence-corrected chi connectivity index (χ3v) is 3.99. The molecule has 5 heteroatoms. The second-order valence-electron chi connectivity index (χ2n) is 4.80. The van der Waals surface area contributed by atoms with Crippen molar-refractivity contribution in [3.63, 3.8) is 0 Å². The van der Waals surface area contributed by atoms with E-state index in [0.717, 1.165) is 27.5 Å². The van der Waals surface area contributed by atoms with Gasteiger partial charge >= 0.3 is 0 Å². The van der Waals surface area contributed by atoms with Gasteiger partial charge in [-0.3, -0.25) is 5.43 Å². The summed E-state index contributed by atoms with van der Waals surface area (Å²) in [5.74, 6) is 0.260. The summed E-state index contributed by atoms with van der Waals surface area (Å²) in [4.78, 5) is 4.30. The standard InChI is InChI=1S/C17H15N3OS/c1-12-11-22-17(19-12)20-18-10-14-4-2-3-5-16(14)13-6-8-15(21)9-7-13/h2-11,21H,1H3,(H,19,20). The molecule has 0 amide bonds. The van der Waals surface area contributed by atoms with Crippen molar-refractivity contribution in [1.82, 2.24) is 4.98 Å². The molecule has 4 nitrogen and oxygen atoms in total. The van der Waals surface area contributed by atoms with Crippen molar-refractivity contribution in [3.8, 4) is 16.9 Å². The fourth-order valence-electron chi connectivity index (χ4n) is 2.08. The normalized spacial score (nSPS) is 11.0. The summed E-state index contributed by atoms with van der Waals surface area (Å²) < 4.78 is 0. The Hall–Kier alpha value is -2.66. The Morgan fingerprint density at radius 3 is 2.64 bits per heavy atom. The molecule has 22 heavy (non-hydrogen) atoms. The number of nitrogens with one attached hydrogen (secondary N) is 1. The third-order valence-electron chi connectivity index (χ3n) is 3.12. The zero-order valence-electron chi connectivity index (χ0n) is 12.0. The molecular formula is C17H15N3OS. The topological polar surface area (TPSA) is 57.5 Å². The first-order valence-electron chi connectivity index (χ1n) is 6.82. The molecule has 0 fully saturated rings. The second-order valence-corrected chi connectivity index (χ2v) is 5.66. The van der Waals surface area contributed by atoms with E-state index in [1.165, 1.54) is 11.3 Å². The van der Waals surface area contributed by atoms with Crippen molar-refractivity contribution in [3.05, 3.63) is 65.2 Å². The van der Waals surface area contributed by atoms with Crippen LogP contribution in [0.4, 0.5) is 5.13 Å². The van der Waals surface area contributed by atoms with Gasteiger partial charge < -0.3 is 5.11 Å². The molecule has 2 N–H and O–H groups in total. The van der Waals surface area contributed by atoms with Crippen molar-refractivity contribution >= 4 is 22.7 Å². The van der Waals surface area contributed by atoms with Gasteiger partial charge in [-0.2, -0.15) is 5.10 Å². The largest absolute Gasteiger partial charge is 0.508 e. The van der Waals surface area contributed by atoms with E-state index in [1.807, 2.05) is 48.7 Å². The highest BCUT2D eigenvalue weighted by molar-refractivity contribution is 7.13. The van der Waals surface area contributed by atoms with Crippen molar-refractivity contribution in [2.24, 2.45) is 5.10 Å². The summed E-state index contributed by atoms with van der Waals surface area (Å²) in [6, 6.07) is 15.1. The zero-order chi connectivity index (χ0) is 15.4. The highest BCUT2D eigenvalue weighted by Gasteiger charge is 2.03. The third kappa shape index (κ3) is 3.32. The van der Waals surface area contributed by atoms with Crippen LogP contribution in [0.15, 0.2) is 59.0 Å². The van der Waals surface area contributed by atoms with Gasteiger partial charge in [-0.15, -0.1) is 11.3 Å². The minimum atomic E-state index is 0.260. The molecule has 3 aromatic rings. The Labute approximate surface area is 132 Å². The van der Waals surface area contributed by atoms with E-state index in [4.69, 9.17) is 0 Å². The molecule has 0 bridgehead atoms. The first kappa shape index (κ1) is 14.3. The number of hydrazone groups is 1. The second kappa shape index (κ2) is 6.41. The predicted octanol–water partition coefficient (Wildman–Crippen LogP) is 4.27. The molecule has 0 spiro atoms. The van der Waals surface area contributed by atoms with Gasteiger partial charge in [0.1, 0.15) is 5.75 Å². The van der Waals surface area contributed by atoms with Gasteiger partial charge in [0, 0.05) is 10.9 Å². The van der Waals surface area contributed by atoms with E-state index in [0.29, 0.717) is 0 Å². The van der Waals surface area contributed by atoms with Crippen LogP contribution in [-0.4, -0.2) is 16.3 Å². The lowest BCUT2D eigenvalue weighted by Gasteiger charge is -2.06. The first-order valence-corrected chi connectivity index (χ1v) is 7.70. The molecule has 0 aliphatic heterocycles. The average molecular weight is 309 g/mol. The Morgan fingerprint density at radius 2 is 1.91 bits per heavy atom. The Balaban J connectivity index is 1.83. The van der Waals surface area contributed by atoms with Gasteiger partial charge in [-0.25, -0.2) is 4.98 Å². The molecule has 0 aliphatic rings. The summed E-state index contributed by atoms with van der Waals surface area (Å²) in [5, 5.41) is 16.4. The number of phenols is 1. The molecule has 1 heterocycles. The lowest BCUT2D eigenvalue weighted by atomic mass is 10.0. The van der Waals surface area contributed by atoms with Crippen LogP contribution in [0, 0.1) is 6.92 Å². The highest BCUT2D eigenvalue weighted by atomic mass is 32.1. The van der Waals surface area contributed by atoms with Gasteiger partial charge in [-0.1, -0.05) is 36.4 Å². The van der Waals surface area contributed by atoms with Crippen LogP contribution in [0.3, 0.4) is 0 Å². The SMILES string of the molecule is Cc1csc(NN=Cc2ccccc2-c2ccc(O)cc2)n1. The maximum absolute atomic E-state index is 9.40. The van der Waals surface area contributed by atoms with Crippen molar-refractivity contribution < 1.29 is 5.11 Å². The number of phenolic OH excluding ortho intramolecular Hbond substituents is 1. The smallest absolute Gasteiger partial charge is 0.203 e. The minimum Gasteiger partial charge on any atom is -0.508 e. The highest BCUT2D eigenvalue weighted by Crippen LogP contribution is 2.24. The number of hydrogen-bond donors (Lipinski definition) is 2.